The molecule has 68 heavy (non-hydrogen) atoms. The maximum atomic E-state index is 3.44. The molecule has 0 aromatic carbocycles. The van der Waals surface area contributed by atoms with E-state index in [1.165, 1.54) is 0 Å². The van der Waals surface area contributed by atoms with E-state index in [1.807, 2.05) is 0 Å². The van der Waals surface area contributed by atoms with Crippen LogP contribution in [0.4, 0.5) is 0 Å². The molecule has 0 bridgehead atoms. The van der Waals surface area contributed by atoms with Crippen molar-refractivity contribution in [2.24, 2.45) is 0 Å². The van der Waals surface area contributed by atoms with Gasteiger partial charge in [-0.25, -0.2) is 0 Å². The summed E-state index contributed by atoms with van der Waals surface area (Å²) in [6, 6.07) is 0. The Balaban J connectivity index is 5.74. The van der Waals surface area contributed by atoms with Gasteiger partial charge < -0.3 is 0 Å². The standard InChI is InChI=1S/I68/c1-36(2)38(5)40(7)42(9)44(11)46(13)48(15)50(17)52(19)54(21)56(23)58(25)60(27)62(29)64(31)66(33)68(35)67(34)65(32)63(30)61(28)59(26)57(24)55(22)53(20)51(18)49(16)47(14)45(12)43(10)41(8)39(6)37(3)4. The van der Waals surface area contributed by atoms with Crippen LogP contribution in [0, 0.1) is 0 Å². The molecule has 476 valence electrons. The monoisotopic (exact) mass is 8630 g/mol. The molecular weight excluding hydrogens is 8630 g/mol. The first-order valence-corrected chi connectivity index (χ1v) is 431. The summed E-state index contributed by atoms with van der Waals surface area (Å²) >= 11 is 116. The van der Waals surface area contributed by atoms with Crippen LogP contribution in [0.15, 0.2) is 0 Å². The van der Waals surface area contributed by atoms with Gasteiger partial charge in [0.1, 0.15) is 0 Å². The third-order valence-electron chi connectivity index (χ3n) is 2.61. The molecular formula is I68. The SMILES string of the molecule is II(I)I(I)I(I)I(I)I(I)I(I)I(I)I(I)I(I)I(I)I(I)I(I)I(I)I(I)I(I)I(I)I(I)I(I)I(I)I(I)I(I)I(I)I(I)I(I)I(I)I(I)I(I)I(I)I(I)I(I)I(I)I(I)I(I)I. The molecule has 0 aliphatic carbocycles. The van der Waals surface area contributed by atoms with E-state index in [-0.39, 0.29) is 0 Å². The predicted octanol–water partition coefficient (Wildman–Crippen LogP) is 60.2. The van der Waals surface area contributed by atoms with E-state index in [4.69, 9.17) is 0 Å². The summed E-state index contributed by atoms with van der Waals surface area (Å²) in [6.07, 6.45) is 0. The van der Waals surface area contributed by atoms with Crippen molar-refractivity contribution in [3.05, 3.63) is 0 Å². The number of halogens is 68. The molecule has 0 heterocycles. The number of hydrogen-bond donors (Lipinski definition) is 0. The minimum atomic E-state index is -0.619. The molecule has 0 N–H and O–H groups in total. The normalized spacial score (nSPS) is 19.0. The fourth-order valence-corrected chi connectivity index (χ4v) is 13000. The molecule has 0 aromatic rings. The van der Waals surface area contributed by atoms with Crippen molar-refractivity contribution < 1.29 is 0 Å². The van der Waals surface area contributed by atoms with Crippen molar-refractivity contribution in [1.29, 1.82) is 0 Å². The molecule has 0 saturated heterocycles. The van der Waals surface area contributed by atoms with Crippen molar-refractivity contribution >= 4 is 912 Å². The van der Waals surface area contributed by atoms with Gasteiger partial charge in [0.25, 0.3) is 0 Å². The summed E-state index contributed by atoms with van der Waals surface area (Å²) in [5.41, 5.74) is 0. The third kappa shape index (κ3) is 48.2. The van der Waals surface area contributed by atoms with Gasteiger partial charge in [0.05, 0.1) is 0 Å². The first-order chi connectivity index (χ1) is 30.9. The van der Waals surface area contributed by atoms with E-state index >= 15 is 0 Å². The summed E-state index contributed by atoms with van der Waals surface area (Å²) in [5.74, 6) is 0. The molecule has 68 heteroatoms. The Morgan fingerprint density at radius 3 is 0.162 bits per heavy atom. The Morgan fingerprint density at radius 2 is 0.118 bits per heavy atom. The second-order valence-electron chi connectivity index (χ2n) is 5.35. The van der Waals surface area contributed by atoms with E-state index in [1.54, 1.807) is 0 Å². The first kappa shape index (κ1) is 118. The molecule has 0 amide bonds. The fraction of sp³-hybridized carbons (Fsp3) is 0. The van der Waals surface area contributed by atoms with Crippen LogP contribution in [0.3, 0.4) is 0 Å². The van der Waals surface area contributed by atoms with E-state index < -0.39 is 261 Å². The van der Waals surface area contributed by atoms with Gasteiger partial charge in [0, 0.05) is 0 Å². The van der Waals surface area contributed by atoms with Crippen LogP contribution in [-0.4, -0.2) is 0 Å². The summed E-state index contributed by atoms with van der Waals surface area (Å²) in [4.78, 5) is 0. The van der Waals surface area contributed by atoms with Crippen molar-refractivity contribution in [3.63, 3.8) is 0 Å². The van der Waals surface area contributed by atoms with Crippen LogP contribution in [0.5, 0.6) is 0 Å². The van der Waals surface area contributed by atoms with Gasteiger partial charge in [-0.05, 0) is 0 Å². The zero-order chi connectivity index (χ0) is 54.1. The first-order valence-electron chi connectivity index (χ1n) is 9.57. The molecule has 0 aromatic heterocycles. The van der Waals surface area contributed by atoms with Crippen molar-refractivity contribution in [3.8, 4) is 0 Å². The fourth-order valence-electron chi connectivity index (χ4n) is 0.956. The van der Waals surface area contributed by atoms with Gasteiger partial charge in [-0.15, -0.1) is 0 Å². The van der Waals surface area contributed by atoms with Gasteiger partial charge in [0.2, 0.25) is 0 Å². The predicted molar refractivity (Wildman–Crippen MR) is 953 cm³/mol. The molecule has 0 spiro atoms. The Bertz CT molecular complexity index is 1210. The van der Waals surface area contributed by atoms with Gasteiger partial charge in [-0.2, -0.15) is 0 Å². The average molecular weight is 8630 g/mol. The number of rotatable bonds is 32. The molecule has 0 rings (SSSR count). The Hall–Kier alpha value is 49.6. The quantitative estimate of drug-likeness (QED) is 0.0589. The molecule has 0 unspecified atom stereocenters. The average Bonchev–Trinajstić information content (AvgIpc) is 3.33. The molecule has 0 aliphatic rings. The van der Waals surface area contributed by atoms with Gasteiger partial charge >= 0.3 is 912 Å². The van der Waals surface area contributed by atoms with Crippen LogP contribution in [0.1, 0.15) is 0 Å². The molecule has 0 saturated carbocycles. The summed E-state index contributed by atoms with van der Waals surface area (Å²) in [7, 11) is -18.9. The molecule has 0 aliphatic heterocycles. The maximum absolute atomic E-state index is 3.44. The molecule has 0 fully saturated rings. The Labute approximate surface area is 857 Å². The van der Waals surface area contributed by atoms with E-state index in [2.05, 4.69) is 652 Å². The van der Waals surface area contributed by atoms with Gasteiger partial charge in [-0.1, -0.05) is 0 Å². The molecule has 0 atom stereocenters. The second kappa shape index (κ2) is 70.6. The summed E-state index contributed by atoms with van der Waals surface area (Å²) < 4.78 is 0. The van der Waals surface area contributed by atoms with Crippen LogP contribution in [0.25, 0.3) is 0 Å². The Kier molecular flexibility index (Phi) is 122. The Morgan fingerprint density at radius 1 is 0.0735 bits per heavy atom. The molecule has 0 radical (unpaired) electrons. The zero-order valence-corrected chi connectivity index (χ0v) is 172. The van der Waals surface area contributed by atoms with Crippen LogP contribution in [-0.2, 0) is 0 Å². The van der Waals surface area contributed by atoms with Gasteiger partial charge in [-0.3, -0.25) is 0 Å². The van der Waals surface area contributed by atoms with Crippen molar-refractivity contribution in [2.45, 2.75) is 0 Å². The second-order valence-corrected chi connectivity index (χ2v) is 1610. The minimum absolute atomic E-state index is 0.478. The molecule has 0 nitrogen and oxygen atoms in total. The van der Waals surface area contributed by atoms with E-state index in [0.29, 0.717) is 0 Å². The summed E-state index contributed by atoms with van der Waals surface area (Å²) in [5, 5.41) is 0. The number of hydrogen-bond acceptors (Lipinski definition) is 0. The van der Waals surface area contributed by atoms with Gasteiger partial charge in [0.15, 0.2) is 0 Å². The third-order valence-corrected chi connectivity index (χ3v) is 5290. The van der Waals surface area contributed by atoms with Crippen LogP contribution >= 0.6 is 912 Å². The van der Waals surface area contributed by atoms with Crippen LogP contribution < -0.4 is 0 Å². The van der Waals surface area contributed by atoms with Crippen molar-refractivity contribution in [2.75, 3.05) is 0 Å². The van der Waals surface area contributed by atoms with E-state index in [0.717, 1.165) is 0 Å². The topological polar surface area (TPSA) is 0 Å². The summed E-state index contributed by atoms with van der Waals surface area (Å²) in [6.45, 7) is 0. The zero-order valence-electron chi connectivity index (χ0n) is 25.7. The van der Waals surface area contributed by atoms with E-state index in [9.17, 15) is 0 Å². The van der Waals surface area contributed by atoms with Crippen LogP contribution in [0.2, 0.25) is 0 Å². The van der Waals surface area contributed by atoms with Crippen molar-refractivity contribution in [1.82, 2.24) is 0 Å².